The minimum Gasteiger partial charge on any atom is -0.383 e. The Hall–Kier alpha value is -3.34. The molecule has 0 radical (unpaired) electrons. The van der Waals surface area contributed by atoms with Crippen molar-refractivity contribution in [1.82, 2.24) is 19.5 Å². The summed E-state index contributed by atoms with van der Waals surface area (Å²) in [6.07, 6.45) is 1.46. The number of hydrogen-bond acceptors (Lipinski definition) is 6. The zero-order valence-electron chi connectivity index (χ0n) is 20.0. The Bertz CT molecular complexity index is 1430. The van der Waals surface area contributed by atoms with Crippen LogP contribution in [0.3, 0.4) is 0 Å². The molecule has 2 aromatic carbocycles. The second kappa shape index (κ2) is 9.61. The molecule has 1 fully saturated rings. The molecule has 5 rings (SSSR count). The molecule has 0 bridgehead atoms. The second-order valence-electron chi connectivity index (χ2n) is 9.22. The Morgan fingerprint density at radius 2 is 1.69 bits per heavy atom. The van der Waals surface area contributed by atoms with Crippen LogP contribution in [0.4, 0.5) is 10.2 Å². The van der Waals surface area contributed by atoms with Crippen LogP contribution in [0, 0.1) is 5.95 Å². The van der Waals surface area contributed by atoms with Gasteiger partial charge in [0.1, 0.15) is 5.82 Å². The zero-order valence-corrected chi connectivity index (χ0v) is 20.8. The van der Waals surface area contributed by atoms with E-state index in [1.54, 1.807) is 30.3 Å². The van der Waals surface area contributed by atoms with E-state index < -0.39 is 16.0 Å². The van der Waals surface area contributed by atoms with Gasteiger partial charge in [-0.15, -0.1) is 0 Å². The molecule has 1 amide bonds. The summed E-state index contributed by atoms with van der Waals surface area (Å²) in [5.41, 5.74) is 9.58. The summed E-state index contributed by atoms with van der Waals surface area (Å²) in [7, 11) is -1.66. The highest BCUT2D eigenvalue weighted by Gasteiger charge is 2.26. The van der Waals surface area contributed by atoms with Crippen LogP contribution in [0.25, 0.3) is 22.3 Å². The molecule has 3 heterocycles. The SMILES string of the molecule is CN1CCCN(S(=O)(=O)c2ccc(-c3cc(-c4ccc5c(c4)CCNC5=O)c(N)nc3F)cc2)CC1. The molecule has 3 N–H and O–H groups in total. The minimum absolute atomic E-state index is 0.0433. The van der Waals surface area contributed by atoms with Gasteiger partial charge < -0.3 is 16.0 Å². The number of sulfonamides is 1. The van der Waals surface area contributed by atoms with Crippen LogP contribution < -0.4 is 11.1 Å². The summed E-state index contributed by atoms with van der Waals surface area (Å²) < 4.78 is 42.7. The molecule has 1 saturated heterocycles. The van der Waals surface area contributed by atoms with Crippen LogP contribution in [0.1, 0.15) is 22.3 Å². The summed E-state index contributed by atoms with van der Waals surface area (Å²) in [6, 6.07) is 13.2. The van der Waals surface area contributed by atoms with Gasteiger partial charge in [-0.05, 0) is 67.4 Å². The van der Waals surface area contributed by atoms with E-state index in [4.69, 9.17) is 5.73 Å². The third kappa shape index (κ3) is 4.59. The first-order valence-electron chi connectivity index (χ1n) is 11.9. The fraction of sp³-hybridized carbons (Fsp3) is 0.308. The number of hydrogen-bond donors (Lipinski definition) is 2. The molecule has 3 aromatic rings. The van der Waals surface area contributed by atoms with Crippen molar-refractivity contribution in [3.05, 3.63) is 65.6 Å². The number of amides is 1. The highest BCUT2D eigenvalue weighted by Crippen LogP contribution is 2.33. The number of nitrogen functional groups attached to an aromatic ring is 1. The number of nitrogens with two attached hydrogens (primary N) is 1. The first kappa shape index (κ1) is 24.4. The molecule has 2 aliphatic rings. The molecule has 0 saturated carbocycles. The van der Waals surface area contributed by atoms with Crippen molar-refractivity contribution in [2.45, 2.75) is 17.7 Å². The number of aromatic nitrogens is 1. The summed E-state index contributed by atoms with van der Waals surface area (Å²) in [6.45, 7) is 2.99. The van der Waals surface area contributed by atoms with E-state index in [0.717, 1.165) is 24.1 Å². The maximum atomic E-state index is 14.9. The lowest BCUT2D eigenvalue weighted by Crippen LogP contribution is -2.34. The van der Waals surface area contributed by atoms with E-state index in [2.05, 4.69) is 15.2 Å². The van der Waals surface area contributed by atoms with Crippen LogP contribution >= 0.6 is 0 Å². The van der Waals surface area contributed by atoms with Gasteiger partial charge >= 0.3 is 0 Å². The van der Waals surface area contributed by atoms with Gasteiger partial charge in [-0.3, -0.25) is 4.79 Å². The second-order valence-corrected chi connectivity index (χ2v) is 11.2. The van der Waals surface area contributed by atoms with E-state index in [-0.39, 0.29) is 22.2 Å². The number of likely N-dealkylation sites (N-methyl/N-ethyl adjacent to an activating group) is 1. The molecule has 188 valence electrons. The zero-order chi connectivity index (χ0) is 25.4. The quantitative estimate of drug-likeness (QED) is 0.524. The summed E-state index contributed by atoms with van der Waals surface area (Å²) >= 11 is 0. The normalized spacial score (nSPS) is 17.3. The Balaban J connectivity index is 1.46. The number of halogens is 1. The third-order valence-corrected chi connectivity index (χ3v) is 8.74. The summed E-state index contributed by atoms with van der Waals surface area (Å²) in [5.74, 6) is -0.808. The van der Waals surface area contributed by atoms with Gasteiger partial charge in [-0.25, -0.2) is 13.4 Å². The van der Waals surface area contributed by atoms with Crippen molar-refractivity contribution in [2.24, 2.45) is 0 Å². The van der Waals surface area contributed by atoms with Crippen LogP contribution in [-0.4, -0.2) is 68.3 Å². The summed E-state index contributed by atoms with van der Waals surface area (Å²) in [5, 5.41) is 2.81. The van der Waals surface area contributed by atoms with E-state index in [1.165, 1.54) is 16.4 Å². The lowest BCUT2D eigenvalue weighted by Gasteiger charge is -2.20. The average molecular weight is 510 g/mol. The average Bonchev–Trinajstić information content (AvgIpc) is 3.09. The maximum absolute atomic E-state index is 14.9. The number of fused-ring (bicyclic) bond motifs is 1. The van der Waals surface area contributed by atoms with Gasteiger partial charge in [-0.2, -0.15) is 8.70 Å². The van der Waals surface area contributed by atoms with Gasteiger partial charge in [0.2, 0.25) is 16.0 Å². The molecule has 2 aliphatic heterocycles. The van der Waals surface area contributed by atoms with E-state index in [1.807, 2.05) is 13.1 Å². The lowest BCUT2D eigenvalue weighted by molar-refractivity contribution is 0.0946. The van der Waals surface area contributed by atoms with Crippen molar-refractivity contribution in [3.63, 3.8) is 0 Å². The van der Waals surface area contributed by atoms with Gasteiger partial charge in [0.25, 0.3) is 5.91 Å². The largest absolute Gasteiger partial charge is 0.383 e. The Morgan fingerprint density at radius 3 is 2.47 bits per heavy atom. The molecule has 0 atom stereocenters. The van der Waals surface area contributed by atoms with Gasteiger partial charge in [0.15, 0.2) is 0 Å². The number of anilines is 1. The van der Waals surface area contributed by atoms with Crippen LogP contribution in [0.15, 0.2) is 53.4 Å². The summed E-state index contributed by atoms with van der Waals surface area (Å²) in [4.78, 5) is 18.3. The van der Waals surface area contributed by atoms with Crippen molar-refractivity contribution in [1.29, 1.82) is 0 Å². The predicted molar refractivity (Wildman–Crippen MR) is 136 cm³/mol. The number of rotatable bonds is 4. The first-order chi connectivity index (χ1) is 17.2. The molecular weight excluding hydrogens is 481 g/mol. The molecular formula is C26H28FN5O3S. The minimum atomic E-state index is -3.64. The molecule has 8 nitrogen and oxygen atoms in total. The molecule has 1 aromatic heterocycles. The standard InChI is InChI=1S/C26H28FN5O3S/c1-31-11-2-12-32(14-13-31)36(34,35)20-6-3-17(4-7-20)22-16-23(25(28)30-24(22)27)18-5-8-21-19(15-18)9-10-29-26(21)33/h3-8,15-16H,2,9-14H2,1H3,(H2,28,30)(H,29,33). The van der Waals surface area contributed by atoms with E-state index in [9.17, 15) is 17.6 Å². The maximum Gasteiger partial charge on any atom is 0.251 e. The van der Waals surface area contributed by atoms with Gasteiger partial charge in [0, 0.05) is 42.9 Å². The Morgan fingerprint density at radius 1 is 0.944 bits per heavy atom. The van der Waals surface area contributed by atoms with Crippen LogP contribution in [0.5, 0.6) is 0 Å². The van der Waals surface area contributed by atoms with E-state index in [0.29, 0.717) is 49.3 Å². The molecule has 0 aliphatic carbocycles. The number of nitrogens with one attached hydrogen (secondary N) is 1. The lowest BCUT2D eigenvalue weighted by atomic mass is 9.94. The number of carbonyl (C=O) groups excluding carboxylic acids is 1. The molecule has 10 heteroatoms. The van der Waals surface area contributed by atoms with Gasteiger partial charge in [0.05, 0.1) is 4.90 Å². The predicted octanol–water partition coefficient (Wildman–Crippen LogP) is 2.75. The highest BCUT2D eigenvalue weighted by atomic mass is 32.2. The topological polar surface area (TPSA) is 109 Å². The van der Waals surface area contributed by atoms with Crippen LogP contribution in [-0.2, 0) is 16.4 Å². The van der Waals surface area contributed by atoms with Crippen molar-refractivity contribution in [2.75, 3.05) is 45.5 Å². The van der Waals surface area contributed by atoms with Crippen molar-refractivity contribution >= 4 is 21.7 Å². The van der Waals surface area contributed by atoms with Crippen LogP contribution in [0.2, 0.25) is 0 Å². The van der Waals surface area contributed by atoms with E-state index >= 15 is 0 Å². The highest BCUT2D eigenvalue weighted by molar-refractivity contribution is 7.89. The smallest absolute Gasteiger partial charge is 0.251 e. The number of carbonyl (C=O) groups is 1. The van der Waals surface area contributed by atoms with Crippen molar-refractivity contribution < 1.29 is 17.6 Å². The Labute approximate surface area is 210 Å². The number of benzene rings is 2. The first-order valence-corrected chi connectivity index (χ1v) is 13.3. The Kier molecular flexibility index (Phi) is 6.50. The molecule has 36 heavy (non-hydrogen) atoms. The fourth-order valence-corrected chi connectivity index (χ4v) is 6.22. The third-order valence-electron chi connectivity index (χ3n) is 6.83. The van der Waals surface area contributed by atoms with Crippen molar-refractivity contribution in [3.8, 4) is 22.3 Å². The number of nitrogens with zero attached hydrogens (tertiary/aromatic N) is 3. The number of pyridine rings is 1. The van der Waals surface area contributed by atoms with Gasteiger partial charge in [-0.1, -0.05) is 24.3 Å². The molecule has 0 spiro atoms. The molecule has 0 unspecified atom stereocenters. The monoisotopic (exact) mass is 509 g/mol. The fourth-order valence-electron chi connectivity index (χ4n) is 4.75.